The fourth-order valence-corrected chi connectivity index (χ4v) is 4.99. The van der Waals surface area contributed by atoms with Crippen molar-refractivity contribution in [2.75, 3.05) is 19.6 Å². The molecule has 7 nitrogen and oxygen atoms in total. The van der Waals surface area contributed by atoms with Crippen molar-refractivity contribution in [3.05, 3.63) is 47.5 Å². The fraction of sp³-hybridized carbons (Fsp3) is 0.560. The summed E-state index contributed by atoms with van der Waals surface area (Å²) in [6, 6.07) is 8.26. The van der Waals surface area contributed by atoms with Gasteiger partial charge in [0.15, 0.2) is 5.96 Å². The number of likely N-dealkylation sites (tertiary alicyclic amines) is 1. The first-order chi connectivity index (χ1) is 15.5. The van der Waals surface area contributed by atoms with Gasteiger partial charge in [-0.15, -0.1) is 24.0 Å². The first-order valence-corrected chi connectivity index (χ1v) is 11.7. The van der Waals surface area contributed by atoms with E-state index in [0.717, 1.165) is 24.1 Å². The predicted molar refractivity (Wildman–Crippen MR) is 139 cm³/mol. The van der Waals surface area contributed by atoms with E-state index in [2.05, 4.69) is 52.0 Å². The molecule has 8 heteroatoms. The summed E-state index contributed by atoms with van der Waals surface area (Å²) in [6.45, 7) is 8.81. The molecule has 1 saturated heterocycles. The lowest BCUT2D eigenvalue weighted by molar-refractivity contribution is -0.140. The number of carbonyl (C=O) groups is 2. The monoisotopic (exact) mass is 566 g/mol. The molecule has 0 radical (unpaired) electrons. The molecule has 33 heavy (non-hydrogen) atoms. The highest BCUT2D eigenvalue weighted by Gasteiger charge is 2.58. The van der Waals surface area contributed by atoms with Crippen LogP contribution in [0, 0.1) is 23.7 Å². The molecule has 2 aliphatic carbocycles. The molecule has 3 aliphatic rings. The van der Waals surface area contributed by atoms with Gasteiger partial charge in [0.25, 0.3) is 0 Å². The number of allylic oxidation sites excluding steroid dienone is 2. The van der Waals surface area contributed by atoms with Crippen molar-refractivity contribution in [2.24, 2.45) is 28.7 Å². The number of imide groups is 1. The van der Waals surface area contributed by atoms with Crippen LogP contribution in [0.5, 0.6) is 0 Å². The zero-order valence-electron chi connectivity index (χ0n) is 19.6. The molecule has 2 amide bonds. The molecule has 0 aromatic heterocycles. The second-order valence-corrected chi connectivity index (χ2v) is 9.13. The Morgan fingerprint density at radius 2 is 1.67 bits per heavy atom. The van der Waals surface area contributed by atoms with E-state index >= 15 is 0 Å². The molecule has 0 spiro atoms. The fourth-order valence-electron chi connectivity index (χ4n) is 4.99. The van der Waals surface area contributed by atoms with E-state index in [1.54, 1.807) is 0 Å². The van der Waals surface area contributed by atoms with E-state index < -0.39 is 0 Å². The maximum Gasteiger partial charge on any atom is 0.233 e. The molecule has 1 heterocycles. The molecule has 1 aromatic rings. The summed E-state index contributed by atoms with van der Waals surface area (Å²) in [6.07, 6.45) is 5.42. The molecular formula is C25H35IN4O3. The number of hydrogen-bond donors (Lipinski definition) is 2. The number of ether oxygens (including phenoxy) is 1. The normalized spacial score (nSPS) is 25.6. The number of rotatable bonds is 9. The van der Waals surface area contributed by atoms with Gasteiger partial charge in [-0.25, -0.2) is 4.99 Å². The minimum absolute atomic E-state index is 0. The van der Waals surface area contributed by atoms with Crippen molar-refractivity contribution in [1.29, 1.82) is 0 Å². The third-order valence-electron chi connectivity index (χ3n) is 6.56. The maximum absolute atomic E-state index is 12.8. The lowest BCUT2D eigenvalue weighted by Crippen LogP contribution is -2.43. The molecule has 1 aromatic carbocycles. The van der Waals surface area contributed by atoms with E-state index in [-0.39, 0.29) is 65.6 Å². The van der Waals surface area contributed by atoms with E-state index in [1.807, 2.05) is 20.8 Å². The highest BCUT2D eigenvalue weighted by atomic mass is 127. The summed E-state index contributed by atoms with van der Waals surface area (Å²) in [4.78, 5) is 31.7. The molecule has 2 N–H and O–H groups in total. The predicted octanol–water partition coefficient (Wildman–Crippen LogP) is 3.09. The molecule has 1 aliphatic heterocycles. The number of aliphatic imine (C=N–C) groups is 1. The molecule has 2 fully saturated rings. The number of guanidine groups is 1. The van der Waals surface area contributed by atoms with Crippen LogP contribution in [-0.2, 0) is 27.5 Å². The SMILES string of the molecule is CCNC(=NCc1ccc(COC(C)C)cc1)NCCN1C(=O)C2C3C=CC(C3)C2C1=O.I. The zero-order valence-corrected chi connectivity index (χ0v) is 22.0. The van der Waals surface area contributed by atoms with Gasteiger partial charge in [-0.05, 0) is 50.2 Å². The molecule has 1 saturated carbocycles. The number of nitrogens with one attached hydrogen (secondary N) is 2. The largest absolute Gasteiger partial charge is 0.374 e. The van der Waals surface area contributed by atoms with Gasteiger partial charge in [-0.3, -0.25) is 14.5 Å². The van der Waals surface area contributed by atoms with Gasteiger partial charge < -0.3 is 15.4 Å². The lowest BCUT2D eigenvalue weighted by atomic mass is 9.85. The average molecular weight is 566 g/mol. The highest BCUT2D eigenvalue weighted by Crippen LogP contribution is 2.52. The number of nitrogens with zero attached hydrogens (tertiary/aromatic N) is 2. The first-order valence-electron chi connectivity index (χ1n) is 11.7. The summed E-state index contributed by atoms with van der Waals surface area (Å²) in [5.74, 6) is 0.926. The quantitative estimate of drug-likeness (QED) is 0.158. The van der Waals surface area contributed by atoms with E-state index in [4.69, 9.17) is 4.74 Å². The van der Waals surface area contributed by atoms with Crippen LogP contribution in [0.2, 0.25) is 0 Å². The number of benzene rings is 1. The van der Waals surface area contributed by atoms with Crippen molar-refractivity contribution >= 4 is 41.8 Å². The molecule has 4 atom stereocenters. The number of amides is 2. The lowest BCUT2D eigenvalue weighted by Gasteiger charge is -2.18. The standard InChI is InChI=1S/C25H34N4O3.HI/c1-4-26-25(28-14-17-5-7-18(8-6-17)15-32-16(2)3)27-11-12-29-23(30)21-19-9-10-20(13-19)22(21)24(29)31;/h5-10,16,19-22H,4,11-15H2,1-3H3,(H2,26,27,28);1H. The van der Waals surface area contributed by atoms with Gasteiger partial charge in [0.2, 0.25) is 11.8 Å². The summed E-state index contributed by atoms with van der Waals surface area (Å²) < 4.78 is 5.64. The molecular weight excluding hydrogens is 531 g/mol. The van der Waals surface area contributed by atoms with Gasteiger partial charge in [0, 0.05) is 19.6 Å². The number of carbonyl (C=O) groups excluding carboxylic acids is 2. The zero-order chi connectivity index (χ0) is 22.7. The summed E-state index contributed by atoms with van der Waals surface area (Å²) in [7, 11) is 0. The van der Waals surface area contributed by atoms with Crippen molar-refractivity contribution in [3.63, 3.8) is 0 Å². The second kappa shape index (κ2) is 11.5. The Hall–Kier alpha value is -1.94. The van der Waals surface area contributed by atoms with E-state index in [9.17, 15) is 9.59 Å². The van der Waals surface area contributed by atoms with Crippen molar-refractivity contribution < 1.29 is 14.3 Å². The van der Waals surface area contributed by atoms with Gasteiger partial charge in [-0.1, -0.05) is 36.4 Å². The van der Waals surface area contributed by atoms with Crippen LogP contribution in [0.3, 0.4) is 0 Å². The third kappa shape index (κ3) is 5.77. The van der Waals surface area contributed by atoms with Crippen LogP contribution in [0.15, 0.2) is 41.4 Å². The Balaban J connectivity index is 0.00000306. The first kappa shape index (κ1) is 25.7. The Labute approximate surface area is 213 Å². The van der Waals surface area contributed by atoms with Crippen LogP contribution >= 0.6 is 24.0 Å². The summed E-state index contributed by atoms with van der Waals surface area (Å²) >= 11 is 0. The van der Waals surface area contributed by atoms with Crippen molar-refractivity contribution in [1.82, 2.24) is 15.5 Å². The number of halogens is 1. The van der Waals surface area contributed by atoms with Gasteiger partial charge in [0.05, 0.1) is 31.1 Å². The van der Waals surface area contributed by atoms with Crippen LogP contribution in [0.25, 0.3) is 0 Å². The Kier molecular flexibility index (Phi) is 8.92. The van der Waals surface area contributed by atoms with Crippen LogP contribution in [0.4, 0.5) is 0 Å². The Morgan fingerprint density at radius 1 is 1.06 bits per heavy atom. The number of fused-ring (bicyclic) bond motifs is 5. The average Bonchev–Trinajstić information content (AvgIpc) is 3.46. The molecule has 180 valence electrons. The Morgan fingerprint density at radius 3 is 2.24 bits per heavy atom. The smallest absolute Gasteiger partial charge is 0.233 e. The minimum Gasteiger partial charge on any atom is -0.374 e. The third-order valence-corrected chi connectivity index (χ3v) is 6.56. The topological polar surface area (TPSA) is 83.0 Å². The van der Waals surface area contributed by atoms with Crippen LogP contribution in [-0.4, -0.2) is 48.4 Å². The van der Waals surface area contributed by atoms with Crippen molar-refractivity contribution in [3.8, 4) is 0 Å². The van der Waals surface area contributed by atoms with Gasteiger partial charge >= 0.3 is 0 Å². The highest BCUT2D eigenvalue weighted by molar-refractivity contribution is 14.0. The summed E-state index contributed by atoms with van der Waals surface area (Å²) in [5.41, 5.74) is 2.25. The minimum atomic E-state index is -0.131. The van der Waals surface area contributed by atoms with Crippen LogP contribution < -0.4 is 10.6 Å². The van der Waals surface area contributed by atoms with Gasteiger partial charge in [0.1, 0.15) is 0 Å². The maximum atomic E-state index is 12.8. The van der Waals surface area contributed by atoms with E-state index in [1.165, 1.54) is 4.90 Å². The Bertz CT molecular complexity index is 869. The number of hydrogen-bond acceptors (Lipinski definition) is 4. The van der Waals surface area contributed by atoms with Gasteiger partial charge in [-0.2, -0.15) is 0 Å². The molecule has 4 rings (SSSR count). The van der Waals surface area contributed by atoms with E-state index in [0.29, 0.717) is 32.2 Å². The second-order valence-electron chi connectivity index (χ2n) is 9.13. The van der Waals surface area contributed by atoms with Crippen molar-refractivity contribution in [2.45, 2.75) is 46.4 Å². The van der Waals surface area contributed by atoms with Crippen LogP contribution in [0.1, 0.15) is 38.3 Å². The molecule has 2 bridgehead atoms. The molecule has 4 unspecified atom stereocenters. The summed E-state index contributed by atoms with van der Waals surface area (Å²) in [5, 5.41) is 6.49.